The Kier molecular flexibility index (Phi) is 9.04. The van der Waals surface area contributed by atoms with Gasteiger partial charge in [0.1, 0.15) is 11.6 Å². The summed E-state index contributed by atoms with van der Waals surface area (Å²) in [7, 11) is 1.39. The van der Waals surface area contributed by atoms with Crippen molar-refractivity contribution in [2.45, 2.75) is 26.3 Å². The normalized spacial score (nSPS) is 11.1. The Labute approximate surface area is 227 Å². The molecule has 190 valence electrons. The van der Waals surface area contributed by atoms with Gasteiger partial charge in [0.2, 0.25) is 0 Å². The third-order valence-corrected chi connectivity index (χ3v) is 6.40. The van der Waals surface area contributed by atoms with E-state index in [1.165, 1.54) is 7.11 Å². The average molecular weight is 535 g/mol. The predicted molar refractivity (Wildman–Crippen MR) is 151 cm³/mol. The monoisotopic (exact) mass is 534 g/mol. The predicted octanol–water partition coefficient (Wildman–Crippen LogP) is 8.05. The molecular formula is C30H28Cl2N2O3. The third-order valence-electron chi connectivity index (χ3n) is 5.86. The van der Waals surface area contributed by atoms with Gasteiger partial charge in [-0.1, -0.05) is 59.6 Å². The summed E-state index contributed by atoms with van der Waals surface area (Å²) in [6, 6.07) is 21.7. The molecule has 0 atom stereocenters. The number of methoxy groups -OCH3 is 1. The Bertz CT molecular complexity index is 1410. The molecule has 0 spiro atoms. The molecule has 1 aromatic heterocycles. The summed E-state index contributed by atoms with van der Waals surface area (Å²) in [6.45, 7) is 3.32. The van der Waals surface area contributed by atoms with Crippen LogP contribution in [0.2, 0.25) is 10.0 Å². The number of rotatable bonds is 10. The van der Waals surface area contributed by atoms with Crippen molar-refractivity contribution in [3.63, 3.8) is 0 Å². The summed E-state index contributed by atoms with van der Waals surface area (Å²) < 4.78 is 12.6. The minimum absolute atomic E-state index is 0.228. The molecule has 0 amide bonds. The van der Waals surface area contributed by atoms with Gasteiger partial charge in [-0.25, -0.2) is 4.98 Å². The summed E-state index contributed by atoms with van der Waals surface area (Å²) in [6.07, 6.45) is 7.02. The van der Waals surface area contributed by atoms with E-state index in [1.807, 2.05) is 48.7 Å². The number of hydrogen-bond donors (Lipinski definition) is 0. The Morgan fingerprint density at radius 3 is 2.54 bits per heavy atom. The summed E-state index contributed by atoms with van der Waals surface area (Å²) in [5.41, 5.74) is 4.84. The fraction of sp³-hybridized carbons (Fsp3) is 0.200. The number of ether oxygens (including phenoxy) is 2. The van der Waals surface area contributed by atoms with E-state index in [4.69, 9.17) is 32.9 Å². The van der Waals surface area contributed by atoms with Crippen LogP contribution in [0.15, 0.2) is 72.9 Å². The number of carbonyl (C=O) groups is 1. The largest absolute Gasteiger partial charge is 0.494 e. The second-order valence-corrected chi connectivity index (χ2v) is 9.25. The van der Waals surface area contributed by atoms with Crippen LogP contribution in [0.1, 0.15) is 31.2 Å². The average Bonchev–Trinajstić information content (AvgIpc) is 3.33. The first-order chi connectivity index (χ1) is 18.0. The standard InChI is InChI=1S/C30H28Cl2N2O3/c1-3-34-20-28(26-14-13-24(31)19-27(26)32)33-29(34)15-12-21-7-4-8-22(17-21)23-9-5-10-25(18-23)37-16-6-11-30(35)36-2/h4-5,7-10,12-15,17-20H,3,6,11,16H2,1-2H3. The van der Waals surface area contributed by atoms with Gasteiger partial charge in [-0.05, 0) is 72.5 Å². The quantitative estimate of drug-likeness (QED) is 0.152. The van der Waals surface area contributed by atoms with Gasteiger partial charge in [0.15, 0.2) is 0 Å². The van der Waals surface area contributed by atoms with Crippen LogP contribution in [0.3, 0.4) is 0 Å². The summed E-state index contributed by atoms with van der Waals surface area (Å²) in [5, 5.41) is 1.17. The minimum atomic E-state index is -0.228. The number of esters is 1. The van der Waals surface area contributed by atoms with Crippen molar-refractivity contribution in [2.75, 3.05) is 13.7 Å². The second-order valence-electron chi connectivity index (χ2n) is 8.41. The lowest BCUT2D eigenvalue weighted by Crippen LogP contribution is -2.04. The lowest BCUT2D eigenvalue weighted by Gasteiger charge is -2.09. The molecule has 7 heteroatoms. The Morgan fingerprint density at radius 1 is 1.00 bits per heavy atom. The summed E-state index contributed by atoms with van der Waals surface area (Å²) >= 11 is 12.5. The van der Waals surface area contributed by atoms with Gasteiger partial charge in [-0.15, -0.1) is 0 Å². The van der Waals surface area contributed by atoms with Gasteiger partial charge < -0.3 is 14.0 Å². The van der Waals surface area contributed by atoms with E-state index in [0.717, 1.165) is 46.1 Å². The zero-order chi connectivity index (χ0) is 26.2. The van der Waals surface area contributed by atoms with E-state index in [-0.39, 0.29) is 5.97 Å². The summed E-state index contributed by atoms with van der Waals surface area (Å²) in [4.78, 5) is 16.1. The van der Waals surface area contributed by atoms with Crippen molar-refractivity contribution in [1.82, 2.24) is 9.55 Å². The molecule has 0 saturated carbocycles. The number of aryl methyl sites for hydroxylation is 1. The topological polar surface area (TPSA) is 53.4 Å². The van der Waals surface area contributed by atoms with E-state index >= 15 is 0 Å². The van der Waals surface area contributed by atoms with E-state index in [2.05, 4.69) is 46.6 Å². The zero-order valence-corrected chi connectivity index (χ0v) is 22.3. The van der Waals surface area contributed by atoms with Crippen molar-refractivity contribution in [1.29, 1.82) is 0 Å². The fourth-order valence-electron chi connectivity index (χ4n) is 3.91. The highest BCUT2D eigenvalue weighted by molar-refractivity contribution is 6.36. The molecule has 0 unspecified atom stereocenters. The maximum absolute atomic E-state index is 11.3. The van der Waals surface area contributed by atoms with E-state index in [1.54, 1.807) is 6.07 Å². The highest BCUT2D eigenvalue weighted by atomic mass is 35.5. The SMILES string of the molecule is CCn1cc(-c2ccc(Cl)cc2Cl)nc1C=Cc1cccc(-c2cccc(OCCCC(=O)OC)c2)c1. The molecule has 0 aliphatic rings. The number of carbonyl (C=O) groups excluding carboxylic acids is 1. The third kappa shape index (κ3) is 7.03. The fourth-order valence-corrected chi connectivity index (χ4v) is 4.42. The minimum Gasteiger partial charge on any atom is -0.494 e. The lowest BCUT2D eigenvalue weighted by molar-refractivity contribution is -0.140. The number of imidazole rings is 1. The van der Waals surface area contributed by atoms with Gasteiger partial charge in [0.25, 0.3) is 0 Å². The Hall–Kier alpha value is -3.54. The molecule has 0 N–H and O–H groups in total. The van der Waals surface area contributed by atoms with Gasteiger partial charge >= 0.3 is 5.97 Å². The Morgan fingerprint density at radius 2 is 1.78 bits per heavy atom. The molecule has 0 aliphatic heterocycles. The van der Waals surface area contributed by atoms with Crippen LogP contribution in [0, 0.1) is 0 Å². The molecule has 37 heavy (non-hydrogen) atoms. The van der Waals surface area contributed by atoms with Crippen molar-refractivity contribution < 1.29 is 14.3 Å². The molecule has 0 fully saturated rings. The molecule has 3 aromatic carbocycles. The number of hydrogen-bond acceptors (Lipinski definition) is 4. The number of benzene rings is 3. The van der Waals surface area contributed by atoms with Gasteiger partial charge in [-0.3, -0.25) is 4.79 Å². The van der Waals surface area contributed by atoms with Crippen molar-refractivity contribution in [3.05, 3.63) is 94.4 Å². The Balaban J connectivity index is 1.49. The van der Waals surface area contributed by atoms with Crippen molar-refractivity contribution in [3.8, 4) is 28.1 Å². The maximum Gasteiger partial charge on any atom is 0.305 e. The van der Waals surface area contributed by atoms with Gasteiger partial charge in [0.05, 0.1) is 24.4 Å². The van der Waals surface area contributed by atoms with Crippen molar-refractivity contribution >= 4 is 41.3 Å². The van der Waals surface area contributed by atoms with Crippen LogP contribution in [0.4, 0.5) is 0 Å². The second kappa shape index (κ2) is 12.6. The van der Waals surface area contributed by atoms with Crippen LogP contribution in [-0.2, 0) is 16.1 Å². The van der Waals surface area contributed by atoms with Gasteiger partial charge in [0, 0.05) is 29.7 Å². The number of aromatic nitrogens is 2. The molecule has 4 rings (SSSR count). The molecule has 0 bridgehead atoms. The summed E-state index contributed by atoms with van der Waals surface area (Å²) in [5.74, 6) is 1.38. The first-order valence-corrected chi connectivity index (χ1v) is 12.8. The molecule has 1 heterocycles. The first-order valence-electron chi connectivity index (χ1n) is 12.1. The highest BCUT2D eigenvalue weighted by Gasteiger charge is 2.11. The van der Waals surface area contributed by atoms with Crippen molar-refractivity contribution in [2.24, 2.45) is 0 Å². The van der Waals surface area contributed by atoms with E-state index in [0.29, 0.717) is 29.5 Å². The van der Waals surface area contributed by atoms with E-state index in [9.17, 15) is 4.79 Å². The maximum atomic E-state index is 11.3. The molecule has 0 radical (unpaired) electrons. The molecule has 5 nitrogen and oxygen atoms in total. The smallest absolute Gasteiger partial charge is 0.305 e. The van der Waals surface area contributed by atoms with E-state index < -0.39 is 0 Å². The zero-order valence-electron chi connectivity index (χ0n) is 20.8. The first kappa shape index (κ1) is 26.5. The lowest BCUT2D eigenvalue weighted by atomic mass is 10.0. The van der Waals surface area contributed by atoms with Crippen LogP contribution in [-0.4, -0.2) is 29.2 Å². The van der Waals surface area contributed by atoms with Crippen LogP contribution >= 0.6 is 23.2 Å². The van der Waals surface area contributed by atoms with Crippen LogP contribution < -0.4 is 4.74 Å². The highest BCUT2D eigenvalue weighted by Crippen LogP contribution is 2.30. The van der Waals surface area contributed by atoms with Crippen LogP contribution in [0.25, 0.3) is 34.5 Å². The van der Waals surface area contributed by atoms with Crippen LogP contribution in [0.5, 0.6) is 5.75 Å². The van der Waals surface area contributed by atoms with Gasteiger partial charge in [-0.2, -0.15) is 0 Å². The molecular weight excluding hydrogens is 507 g/mol. The molecule has 0 aliphatic carbocycles. The number of halogens is 2. The molecule has 4 aromatic rings. The number of nitrogens with zero attached hydrogens (tertiary/aromatic N) is 2. The molecule has 0 saturated heterocycles.